The van der Waals surface area contributed by atoms with Crippen LogP contribution in [0.4, 0.5) is 0 Å². The number of para-hydroxylation sites is 1. The molecule has 6 heteroatoms. The molecule has 2 aromatic carbocycles. The number of aromatic nitrogens is 1. The zero-order chi connectivity index (χ0) is 20.2. The van der Waals surface area contributed by atoms with Crippen LogP contribution in [0.5, 0.6) is 0 Å². The number of nitrogens with one attached hydrogen (secondary N) is 1. The molecule has 4 rings (SSSR count). The fourth-order valence-electron chi connectivity index (χ4n) is 4.23. The first-order valence-corrected chi connectivity index (χ1v) is 10.1. The number of nitrogens with zero attached hydrogens (tertiary/aromatic N) is 2. The van der Waals surface area contributed by atoms with E-state index in [0.717, 1.165) is 42.6 Å². The molecule has 1 fully saturated rings. The second-order valence-electron chi connectivity index (χ2n) is 7.51. The van der Waals surface area contributed by atoms with Gasteiger partial charge in [-0.3, -0.25) is 14.6 Å². The molecular formula is C23H27N3O3. The van der Waals surface area contributed by atoms with Crippen LogP contribution in [0.3, 0.4) is 0 Å². The van der Waals surface area contributed by atoms with Crippen molar-refractivity contribution in [2.75, 3.05) is 39.3 Å². The molecule has 0 bridgehead atoms. The lowest BCUT2D eigenvalue weighted by Gasteiger charge is -2.40. The van der Waals surface area contributed by atoms with Gasteiger partial charge in [0.2, 0.25) is 0 Å². The number of hydrogen-bond acceptors (Lipinski definition) is 5. The zero-order valence-electron chi connectivity index (χ0n) is 16.4. The van der Waals surface area contributed by atoms with Gasteiger partial charge in [0.1, 0.15) is 6.10 Å². The van der Waals surface area contributed by atoms with Crippen LogP contribution in [-0.4, -0.2) is 76.2 Å². The van der Waals surface area contributed by atoms with Gasteiger partial charge < -0.3 is 15.2 Å². The van der Waals surface area contributed by atoms with E-state index in [1.54, 1.807) is 6.20 Å². The highest BCUT2D eigenvalue weighted by Crippen LogP contribution is 2.29. The Labute approximate surface area is 170 Å². The van der Waals surface area contributed by atoms with Gasteiger partial charge in [0, 0.05) is 55.4 Å². The smallest absolute Gasteiger partial charge is 0.195 e. The largest absolute Gasteiger partial charge is 0.395 e. The lowest BCUT2D eigenvalue weighted by Crippen LogP contribution is -2.51. The van der Waals surface area contributed by atoms with E-state index in [2.05, 4.69) is 14.8 Å². The number of hydrogen-bond donors (Lipinski definition) is 3. The highest BCUT2D eigenvalue weighted by Gasteiger charge is 2.35. The molecule has 0 amide bonds. The number of carbonyl (C=O) groups excluding carboxylic acids is 1. The number of β-amino-alcohol motifs (C(OH)–C–C–N with tert-alkyl or cyclic N) is 1. The molecule has 0 saturated carbocycles. The zero-order valence-corrected chi connectivity index (χ0v) is 16.4. The van der Waals surface area contributed by atoms with Crippen LogP contribution in [0, 0.1) is 0 Å². The van der Waals surface area contributed by atoms with Crippen LogP contribution < -0.4 is 0 Å². The molecule has 6 nitrogen and oxygen atoms in total. The van der Waals surface area contributed by atoms with Gasteiger partial charge in [-0.25, -0.2) is 0 Å². The van der Waals surface area contributed by atoms with Crippen molar-refractivity contribution < 1.29 is 15.0 Å². The van der Waals surface area contributed by atoms with Gasteiger partial charge in [-0.2, -0.15) is 0 Å². The number of aliphatic hydroxyl groups excluding tert-OH is 2. The van der Waals surface area contributed by atoms with Crippen LogP contribution in [-0.2, 0) is 0 Å². The van der Waals surface area contributed by atoms with Crippen LogP contribution in [0.15, 0.2) is 60.8 Å². The summed E-state index contributed by atoms with van der Waals surface area (Å²) in [6.45, 7) is 3.87. The minimum Gasteiger partial charge on any atom is -0.395 e. The first kappa shape index (κ1) is 19.8. The number of H-pyrrole nitrogens is 1. The molecule has 152 valence electrons. The van der Waals surface area contributed by atoms with E-state index in [1.165, 1.54) is 0 Å². The van der Waals surface area contributed by atoms with Gasteiger partial charge in [-0.05, 0) is 11.6 Å². The molecule has 2 unspecified atom stereocenters. The maximum atomic E-state index is 13.3. The van der Waals surface area contributed by atoms with E-state index in [1.807, 2.05) is 54.6 Å². The molecule has 0 aliphatic carbocycles. The fourth-order valence-corrected chi connectivity index (χ4v) is 4.23. The van der Waals surface area contributed by atoms with Crippen molar-refractivity contribution in [3.8, 4) is 0 Å². The van der Waals surface area contributed by atoms with E-state index >= 15 is 0 Å². The summed E-state index contributed by atoms with van der Waals surface area (Å²) in [6.07, 6.45) is 0.526. The monoisotopic (exact) mass is 393 g/mol. The summed E-state index contributed by atoms with van der Waals surface area (Å²) in [5, 5.41) is 21.2. The standard InChI is InChI=1S/C23H27N3O3/c27-15-14-25-10-12-26(13-11-25)21(17-6-2-1-3-7-17)23(29)22(28)19-16-24-20-9-5-4-8-18(19)20/h1-9,16,21,23-24,27,29H,10-15H2. The molecular weight excluding hydrogens is 366 g/mol. The maximum absolute atomic E-state index is 13.3. The number of benzene rings is 2. The average molecular weight is 393 g/mol. The second kappa shape index (κ2) is 8.88. The number of ketones is 1. The van der Waals surface area contributed by atoms with Crippen molar-refractivity contribution in [1.82, 2.24) is 14.8 Å². The summed E-state index contributed by atoms with van der Waals surface area (Å²) >= 11 is 0. The lowest BCUT2D eigenvalue weighted by molar-refractivity contribution is 0.0168. The van der Waals surface area contributed by atoms with Gasteiger partial charge in [-0.1, -0.05) is 48.5 Å². The van der Waals surface area contributed by atoms with Gasteiger partial charge >= 0.3 is 0 Å². The minimum absolute atomic E-state index is 0.143. The third-order valence-corrected chi connectivity index (χ3v) is 5.78. The van der Waals surface area contributed by atoms with E-state index in [4.69, 9.17) is 0 Å². The number of rotatable bonds is 7. The van der Waals surface area contributed by atoms with Gasteiger partial charge in [0.15, 0.2) is 5.78 Å². The van der Waals surface area contributed by atoms with Crippen molar-refractivity contribution in [1.29, 1.82) is 0 Å². The Balaban J connectivity index is 1.61. The summed E-state index contributed by atoms with van der Waals surface area (Å²) in [5.41, 5.74) is 2.34. The topological polar surface area (TPSA) is 79.8 Å². The molecule has 2 atom stereocenters. The number of piperazine rings is 1. The maximum Gasteiger partial charge on any atom is 0.195 e. The Bertz CT molecular complexity index is 948. The van der Waals surface area contributed by atoms with Crippen LogP contribution >= 0.6 is 0 Å². The molecule has 1 aromatic heterocycles. The first-order valence-electron chi connectivity index (χ1n) is 10.1. The minimum atomic E-state index is -1.17. The first-order chi connectivity index (χ1) is 14.2. The Morgan fingerprint density at radius 1 is 1.00 bits per heavy atom. The summed E-state index contributed by atoms with van der Waals surface area (Å²) in [4.78, 5) is 20.8. The highest BCUT2D eigenvalue weighted by molar-refractivity contribution is 6.10. The number of fused-ring (bicyclic) bond motifs is 1. The molecule has 3 N–H and O–H groups in total. The average Bonchev–Trinajstić information content (AvgIpc) is 3.20. The van der Waals surface area contributed by atoms with Gasteiger partial charge in [0.25, 0.3) is 0 Å². The van der Waals surface area contributed by atoms with Crippen molar-refractivity contribution >= 4 is 16.7 Å². The quantitative estimate of drug-likeness (QED) is 0.536. The Morgan fingerprint density at radius 3 is 2.41 bits per heavy atom. The third kappa shape index (κ3) is 4.11. The Morgan fingerprint density at radius 2 is 1.69 bits per heavy atom. The van der Waals surface area contributed by atoms with E-state index in [-0.39, 0.29) is 12.4 Å². The summed E-state index contributed by atoms with van der Waals surface area (Å²) in [5.74, 6) is -0.269. The summed E-state index contributed by atoms with van der Waals surface area (Å²) in [6, 6.07) is 17.0. The highest BCUT2D eigenvalue weighted by atomic mass is 16.3. The van der Waals surface area contributed by atoms with Crippen molar-refractivity contribution in [2.45, 2.75) is 12.1 Å². The number of aliphatic hydroxyl groups is 2. The molecule has 0 spiro atoms. The summed E-state index contributed by atoms with van der Waals surface area (Å²) < 4.78 is 0. The Hall–Kier alpha value is -2.51. The number of aromatic amines is 1. The van der Waals surface area contributed by atoms with E-state index in [9.17, 15) is 15.0 Å². The van der Waals surface area contributed by atoms with Gasteiger partial charge in [0.05, 0.1) is 12.6 Å². The lowest BCUT2D eigenvalue weighted by atomic mass is 9.93. The number of Topliss-reactive ketones (excluding diaryl/α,β-unsaturated/α-hetero) is 1. The van der Waals surface area contributed by atoms with Crippen LogP contribution in [0.1, 0.15) is 22.0 Å². The van der Waals surface area contributed by atoms with Crippen molar-refractivity contribution in [3.05, 3.63) is 71.9 Å². The van der Waals surface area contributed by atoms with Crippen LogP contribution in [0.25, 0.3) is 10.9 Å². The molecule has 1 aliphatic rings. The van der Waals surface area contributed by atoms with Crippen molar-refractivity contribution in [3.63, 3.8) is 0 Å². The van der Waals surface area contributed by atoms with Crippen molar-refractivity contribution in [2.24, 2.45) is 0 Å². The SMILES string of the molecule is O=C(c1c[nH]c2ccccc12)C(O)C(c1ccccc1)N1CCN(CCO)CC1. The van der Waals surface area contributed by atoms with Gasteiger partial charge in [-0.15, -0.1) is 0 Å². The molecule has 2 heterocycles. The predicted octanol–water partition coefficient (Wildman–Crippen LogP) is 2.06. The molecule has 3 aromatic rings. The Kier molecular flexibility index (Phi) is 6.06. The van der Waals surface area contributed by atoms with Crippen LogP contribution in [0.2, 0.25) is 0 Å². The summed E-state index contributed by atoms with van der Waals surface area (Å²) in [7, 11) is 0. The molecule has 1 saturated heterocycles. The van der Waals surface area contributed by atoms with E-state index < -0.39 is 12.1 Å². The third-order valence-electron chi connectivity index (χ3n) is 5.78. The second-order valence-corrected chi connectivity index (χ2v) is 7.51. The molecule has 0 radical (unpaired) electrons. The predicted molar refractivity (Wildman–Crippen MR) is 113 cm³/mol. The molecule has 29 heavy (non-hydrogen) atoms. The molecule has 1 aliphatic heterocycles. The fraction of sp³-hybridized carbons (Fsp3) is 0.348. The number of carbonyl (C=O) groups is 1. The normalized spacial score (nSPS) is 18.0. The van der Waals surface area contributed by atoms with E-state index in [0.29, 0.717) is 12.1 Å².